The molecule has 2 rings (SSSR count). The monoisotopic (exact) mass is 303 g/mol. The molecule has 4 nitrogen and oxygen atoms in total. The van der Waals surface area contributed by atoms with Crippen molar-refractivity contribution in [1.29, 1.82) is 0 Å². The highest BCUT2D eigenvalue weighted by Crippen LogP contribution is 2.29. The zero-order chi connectivity index (χ0) is 13.2. The largest absolute Gasteiger partial charge is 0.497 e. The van der Waals surface area contributed by atoms with E-state index >= 15 is 0 Å². The molecule has 0 radical (unpaired) electrons. The minimum absolute atomic E-state index is 0.237. The number of anilines is 1. The molecule has 0 aliphatic rings. The number of methoxy groups -OCH3 is 1. The number of thiophene rings is 1. The number of rotatable bonds is 4. The smallest absolute Gasteiger partial charge is 0.271 e. The van der Waals surface area contributed by atoms with Gasteiger partial charge < -0.3 is 4.74 Å². The molecule has 0 saturated carbocycles. The van der Waals surface area contributed by atoms with Gasteiger partial charge in [-0.05, 0) is 23.6 Å². The summed E-state index contributed by atoms with van der Waals surface area (Å²) in [6.07, 6.45) is 0. The summed E-state index contributed by atoms with van der Waals surface area (Å²) in [5.41, 5.74) is 0.296. The summed E-state index contributed by atoms with van der Waals surface area (Å²) in [6, 6.07) is 7.97. The van der Waals surface area contributed by atoms with Crippen LogP contribution in [0.4, 0.5) is 5.69 Å². The van der Waals surface area contributed by atoms with E-state index in [9.17, 15) is 8.42 Å². The van der Waals surface area contributed by atoms with Crippen LogP contribution in [0.1, 0.15) is 0 Å². The molecule has 0 amide bonds. The zero-order valence-corrected chi connectivity index (χ0v) is 11.8. The topological polar surface area (TPSA) is 55.4 Å². The highest BCUT2D eigenvalue weighted by Gasteiger charge is 2.17. The van der Waals surface area contributed by atoms with Gasteiger partial charge in [0.1, 0.15) is 9.96 Å². The van der Waals surface area contributed by atoms with Crippen LogP contribution in [-0.4, -0.2) is 15.5 Å². The maximum Gasteiger partial charge on any atom is 0.271 e. The molecule has 1 N–H and O–H groups in total. The summed E-state index contributed by atoms with van der Waals surface area (Å²) in [7, 11) is -2.09. The minimum Gasteiger partial charge on any atom is -0.497 e. The second kappa shape index (κ2) is 5.17. The zero-order valence-electron chi connectivity index (χ0n) is 9.38. The maximum absolute atomic E-state index is 12.0. The summed E-state index contributed by atoms with van der Waals surface area (Å²) in [6.45, 7) is 0. The van der Waals surface area contributed by atoms with E-state index in [-0.39, 0.29) is 4.21 Å². The first-order valence-corrected chi connectivity index (χ1v) is 7.67. The lowest BCUT2D eigenvalue weighted by molar-refractivity contribution is 0.415. The number of ether oxygens (including phenoxy) is 1. The number of hydrogen-bond donors (Lipinski definition) is 1. The molecule has 0 spiro atoms. The first kappa shape index (κ1) is 13.2. The van der Waals surface area contributed by atoms with E-state index in [4.69, 9.17) is 16.3 Å². The lowest BCUT2D eigenvalue weighted by atomic mass is 10.3. The van der Waals surface area contributed by atoms with E-state index in [2.05, 4.69) is 4.72 Å². The fourth-order valence-electron chi connectivity index (χ4n) is 1.32. The molecule has 7 heteroatoms. The highest BCUT2D eigenvalue weighted by atomic mass is 35.5. The highest BCUT2D eigenvalue weighted by molar-refractivity contribution is 7.94. The van der Waals surface area contributed by atoms with Gasteiger partial charge in [0, 0.05) is 6.07 Å². The van der Waals surface area contributed by atoms with Crippen molar-refractivity contribution < 1.29 is 13.2 Å². The Bertz CT molecular complexity index is 638. The van der Waals surface area contributed by atoms with Gasteiger partial charge in [-0.2, -0.15) is 0 Å². The number of hydrogen-bond acceptors (Lipinski definition) is 4. The fourth-order valence-corrected chi connectivity index (χ4v) is 3.61. The number of halogens is 1. The van der Waals surface area contributed by atoms with Crippen molar-refractivity contribution in [2.45, 2.75) is 4.21 Å². The van der Waals surface area contributed by atoms with Crippen LogP contribution < -0.4 is 9.46 Å². The average Bonchev–Trinajstić information content (AvgIpc) is 2.86. The molecule has 0 saturated heterocycles. The van der Waals surface area contributed by atoms with Crippen molar-refractivity contribution in [3.05, 3.63) is 40.7 Å². The van der Waals surface area contributed by atoms with Crippen molar-refractivity contribution in [3.8, 4) is 5.75 Å². The fraction of sp³-hybridized carbons (Fsp3) is 0.0909. The molecule has 96 valence electrons. The van der Waals surface area contributed by atoms with Gasteiger partial charge in [-0.15, -0.1) is 11.3 Å². The molecule has 0 aliphatic heterocycles. The van der Waals surface area contributed by atoms with E-state index < -0.39 is 10.0 Å². The molecule has 18 heavy (non-hydrogen) atoms. The average molecular weight is 304 g/mol. The third kappa shape index (κ3) is 2.77. The van der Waals surface area contributed by atoms with Gasteiger partial charge in [-0.1, -0.05) is 17.7 Å². The standard InChI is InChI=1S/C11H10ClNO3S2/c1-16-8-4-5-9(12)10(7-8)13-18(14,15)11-3-2-6-17-11/h2-7,13H,1H3. The van der Waals surface area contributed by atoms with Crippen molar-refractivity contribution in [3.63, 3.8) is 0 Å². The third-order valence-corrected chi connectivity index (χ3v) is 5.27. The Kier molecular flexibility index (Phi) is 3.79. The summed E-state index contributed by atoms with van der Waals surface area (Å²) in [5, 5.41) is 2.01. The molecule has 0 fully saturated rings. The quantitative estimate of drug-likeness (QED) is 0.943. The molecule has 1 aromatic carbocycles. The number of sulfonamides is 1. The van der Waals surface area contributed by atoms with Crippen molar-refractivity contribution in [2.75, 3.05) is 11.8 Å². The first-order chi connectivity index (χ1) is 8.53. The molecular formula is C11H10ClNO3S2. The van der Waals surface area contributed by atoms with Crippen molar-refractivity contribution in [2.24, 2.45) is 0 Å². The van der Waals surface area contributed by atoms with Gasteiger partial charge in [0.15, 0.2) is 0 Å². The second-order valence-electron chi connectivity index (χ2n) is 3.38. The van der Waals surface area contributed by atoms with Crippen molar-refractivity contribution >= 4 is 38.6 Å². The molecule has 0 unspecified atom stereocenters. The molecule has 0 atom stereocenters. The van der Waals surface area contributed by atoms with Crippen LogP contribution in [0.3, 0.4) is 0 Å². The van der Waals surface area contributed by atoms with Gasteiger partial charge >= 0.3 is 0 Å². The molecular weight excluding hydrogens is 294 g/mol. The van der Waals surface area contributed by atoms with Gasteiger partial charge in [0.25, 0.3) is 10.0 Å². The Balaban J connectivity index is 2.35. The van der Waals surface area contributed by atoms with Gasteiger partial charge in [-0.3, -0.25) is 4.72 Å². The number of benzene rings is 1. The normalized spacial score (nSPS) is 11.2. The minimum atomic E-state index is -3.59. The molecule has 2 aromatic rings. The van der Waals surface area contributed by atoms with Gasteiger partial charge in [0.2, 0.25) is 0 Å². The Morgan fingerprint density at radius 1 is 1.33 bits per heavy atom. The predicted molar refractivity (Wildman–Crippen MR) is 73.1 cm³/mol. The van der Waals surface area contributed by atoms with Crippen LogP contribution in [0.25, 0.3) is 0 Å². The van der Waals surface area contributed by atoms with Crippen LogP contribution in [0.2, 0.25) is 5.02 Å². The van der Waals surface area contributed by atoms with E-state index in [0.717, 1.165) is 11.3 Å². The predicted octanol–water partition coefficient (Wildman–Crippen LogP) is 3.21. The Labute approximate surface area is 114 Å². The van der Waals surface area contributed by atoms with Crippen LogP contribution in [0, 0.1) is 0 Å². The van der Waals surface area contributed by atoms with Crippen LogP contribution in [0.5, 0.6) is 5.75 Å². The molecule has 1 aromatic heterocycles. The van der Waals surface area contributed by atoms with E-state index in [0.29, 0.717) is 16.5 Å². The molecule has 0 aliphatic carbocycles. The first-order valence-electron chi connectivity index (χ1n) is 4.93. The summed E-state index contributed by atoms with van der Waals surface area (Å²) in [5.74, 6) is 0.531. The summed E-state index contributed by atoms with van der Waals surface area (Å²) >= 11 is 7.08. The van der Waals surface area contributed by atoms with E-state index in [1.165, 1.54) is 19.2 Å². The SMILES string of the molecule is COc1ccc(Cl)c(NS(=O)(=O)c2cccs2)c1. The summed E-state index contributed by atoms with van der Waals surface area (Å²) < 4.78 is 31.7. The molecule has 0 bridgehead atoms. The van der Waals surface area contributed by atoms with E-state index in [1.54, 1.807) is 23.6 Å². The lowest BCUT2D eigenvalue weighted by Gasteiger charge is -2.09. The maximum atomic E-state index is 12.0. The second-order valence-corrected chi connectivity index (χ2v) is 6.65. The van der Waals surface area contributed by atoms with E-state index in [1.807, 2.05) is 0 Å². The van der Waals surface area contributed by atoms with Gasteiger partial charge in [0.05, 0.1) is 17.8 Å². The number of nitrogens with one attached hydrogen (secondary N) is 1. The van der Waals surface area contributed by atoms with Crippen molar-refractivity contribution in [1.82, 2.24) is 0 Å². The Hall–Kier alpha value is -1.24. The lowest BCUT2D eigenvalue weighted by Crippen LogP contribution is -2.11. The van der Waals surface area contributed by atoms with Crippen LogP contribution >= 0.6 is 22.9 Å². The third-order valence-electron chi connectivity index (χ3n) is 2.18. The Morgan fingerprint density at radius 2 is 2.11 bits per heavy atom. The van der Waals surface area contributed by atoms with Crippen LogP contribution in [-0.2, 0) is 10.0 Å². The van der Waals surface area contributed by atoms with Crippen LogP contribution in [0.15, 0.2) is 39.9 Å². The Morgan fingerprint density at radius 3 is 2.72 bits per heavy atom. The molecule has 1 heterocycles. The van der Waals surface area contributed by atoms with Gasteiger partial charge in [-0.25, -0.2) is 8.42 Å². The summed E-state index contributed by atoms with van der Waals surface area (Å²) in [4.78, 5) is 0.